The van der Waals surface area contributed by atoms with Gasteiger partial charge in [0.05, 0.1) is 13.2 Å². The van der Waals surface area contributed by atoms with Gasteiger partial charge < -0.3 is 29.9 Å². The second-order valence-electron chi connectivity index (χ2n) is 3.32. The largest absolute Gasteiger partial charge is 0.394 e. The van der Waals surface area contributed by atoms with E-state index in [1.165, 1.54) is 6.08 Å². The van der Waals surface area contributed by atoms with Gasteiger partial charge in [-0.15, -0.1) is 6.58 Å². The maximum atomic E-state index is 9.47. The molecule has 1 heterocycles. The van der Waals surface area contributed by atoms with Crippen LogP contribution in [0.4, 0.5) is 0 Å². The van der Waals surface area contributed by atoms with E-state index in [0.29, 0.717) is 0 Å². The fraction of sp³-hybridized carbons (Fsp3) is 0.778. The third kappa shape index (κ3) is 2.75. The van der Waals surface area contributed by atoms with Crippen LogP contribution in [0.5, 0.6) is 0 Å². The molecule has 4 N–H and O–H groups in total. The average molecular weight is 220 g/mol. The van der Waals surface area contributed by atoms with Crippen LogP contribution < -0.4 is 0 Å². The Labute approximate surface area is 87.4 Å². The predicted molar refractivity (Wildman–Crippen MR) is 49.9 cm³/mol. The van der Waals surface area contributed by atoms with E-state index in [4.69, 9.17) is 14.6 Å². The molecule has 0 unspecified atom stereocenters. The number of rotatable bonds is 5. The molecule has 0 aromatic heterocycles. The third-order valence-corrected chi connectivity index (χ3v) is 2.22. The van der Waals surface area contributed by atoms with E-state index in [-0.39, 0.29) is 6.61 Å². The molecule has 15 heavy (non-hydrogen) atoms. The number of aliphatic hydroxyl groups is 4. The molecule has 1 fully saturated rings. The van der Waals surface area contributed by atoms with Crippen LogP contribution in [-0.4, -0.2) is 64.3 Å². The lowest BCUT2D eigenvalue weighted by Gasteiger charge is -2.22. The predicted octanol–water partition coefficient (Wildman–Crippen LogP) is -2.01. The van der Waals surface area contributed by atoms with Gasteiger partial charge in [-0.1, -0.05) is 6.08 Å². The second-order valence-corrected chi connectivity index (χ2v) is 3.32. The molecule has 0 radical (unpaired) electrons. The van der Waals surface area contributed by atoms with Crippen LogP contribution in [0.25, 0.3) is 0 Å². The van der Waals surface area contributed by atoms with Gasteiger partial charge in [0.2, 0.25) is 0 Å². The maximum Gasteiger partial charge on any atom is 0.184 e. The first-order valence-electron chi connectivity index (χ1n) is 4.64. The molecule has 0 spiro atoms. The van der Waals surface area contributed by atoms with Gasteiger partial charge in [0.25, 0.3) is 0 Å². The first-order valence-corrected chi connectivity index (χ1v) is 4.64. The van der Waals surface area contributed by atoms with Crippen molar-refractivity contribution in [3.8, 4) is 0 Å². The molecule has 6 nitrogen and oxygen atoms in total. The summed E-state index contributed by atoms with van der Waals surface area (Å²) >= 11 is 0. The Morgan fingerprint density at radius 1 is 1.47 bits per heavy atom. The van der Waals surface area contributed by atoms with Gasteiger partial charge in [0.1, 0.15) is 24.4 Å². The average Bonchev–Trinajstić information content (AvgIpc) is 2.52. The Morgan fingerprint density at radius 2 is 2.13 bits per heavy atom. The number of hydrogen-bond acceptors (Lipinski definition) is 6. The molecule has 88 valence electrons. The molecule has 5 atom stereocenters. The molecule has 1 rings (SSSR count). The van der Waals surface area contributed by atoms with Crippen LogP contribution in [-0.2, 0) is 9.47 Å². The Hall–Kier alpha value is -0.500. The zero-order valence-electron chi connectivity index (χ0n) is 8.19. The molecule has 1 aliphatic heterocycles. The highest BCUT2D eigenvalue weighted by Crippen LogP contribution is 2.24. The van der Waals surface area contributed by atoms with E-state index in [0.717, 1.165) is 0 Å². The summed E-state index contributed by atoms with van der Waals surface area (Å²) in [5.41, 5.74) is 0. The maximum absolute atomic E-state index is 9.47. The quantitative estimate of drug-likeness (QED) is 0.399. The van der Waals surface area contributed by atoms with Crippen LogP contribution in [0.1, 0.15) is 0 Å². The fourth-order valence-electron chi connectivity index (χ4n) is 1.46. The zero-order chi connectivity index (χ0) is 11.4. The van der Waals surface area contributed by atoms with Crippen LogP contribution >= 0.6 is 0 Å². The Balaban J connectivity index is 2.63. The van der Waals surface area contributed by atoms with Crippen molar-refractivity contribution in [3.63, 3.8) is 0 Å². The second kappa shape index (κ2) is 5.55. The number of aliphatic hydroxyl groups excluding tert-OH is 4. The summed E-state index contributed by atoms with van der Waals surface area (Å²) in [4.78, 5) is 0. The molecule has 1 saturated heterocycles. The lowest BCUT2D eigenvalue weighted by Crippen LogP contribution is -2.42. The fourth-order valence-corrected chi connectivity index (χ4v) is 1.46. The van der Waals surface area contributed by atoms with E-state index in [1.54, 1.807) is 0 Å². The SMILES string of the molecule is C=CCO[C@H]1[C@@H](O)[C@@H](O)O[C@@H]1[C@H](O)CO. The lowest BCUT2D eigenvalue weighted by atomic mass is 10.1. The molecule has 0 amide bonds. The summed E-state index contributed by atoms with van der Waals surface area (Å²) in [5, 5.41) is 36.8. The van der Waals surface area contributed by atoms with Crippen molar-refractivity contribution >= 4 is 0 Å². The lowest BCUT2D eigenvalue weighted by molar-refractivity contribution is -0.151. The molecule has 0 aromatic rings. The molecule has 0 bridgehead atoms. The zero-order valence-corrected chi connectivity index (χ0v) is 8.19. The first-order chi connectivity index (χ1) is 7.11. The van der Waals surface area contributed by atoms with Crippen molar-refractivity contribution in [2.45, 2.75) is 30.7 Å². The van der Waals surface area contributed by atoms with Gasteiger partial charge in [-0.3, -0.25) is 0 Å². The van der Waals surface area contributed by atoms with Gasteiger partial charge >= 0.3 is 0 Å². The summed E-state index contributed by atoms with van der Waals surface area (Å²) in [6.07, 6.45) is -4.20. The van der Waals surface area contributed by atoms with E-state index in [1.807, 2.05) is 0 Å². The molecule has 0 aromatic carbocycles. The van der Waals surface area contributed by atoms with Gasteiger partial charge in [-0.05, 0) is 0 Å². The summed E-state index contributed by atoms with van der Waals surface area (Å²) in [6.45, 7) is 3.06. The molecule has 6 heteroatoms. The molecule has 0 aliphatic carbocycles. The van der Waals surface area contributed by atoms with Gasteiger partial charge in [0.15, 0.2) is 6.29 Å². The minimum atomic E-state index is -1.41. The van der Waals surface area contributed by atoms with E-state index in [9.17, 15) is 15.3 Å². The summed E-state index contributed by atoms with van der Waals surface area (Å²) < 4.78 is 10.0. The van der Waals surface area contributed by atoms with Crippen molar-refractivity contribution in [2.24, 2.45) is 0 Å². The third-order valence-electron chi connectivity index (χ3n) is 2.22. The molecule has 0 saturated carbocycles. The normalized spacial score (nSPS) is 37.9. The van der Waals surface area contributed by atoms with Crippen LogP contribution in [0, 0.1) is 0 Å². The monoisotopic (exact) mass is 220 g/mol. The highest BCUT2D eigenvalue weighted by molar-refractivity contribution is 4.91. The van der Waals surface area contributed by atoms with E-state index in [2.05, 4.69) is 6.58 Å². The first kappa shape index (κ1) is 12.6. The Morgan fingerprint density at radius 3 is 2.67 bits per heavy atom. The van der Waals surface area contributed by atoms with Crippen molar-refractivity contribution in [3.05, 3.63) is 12.7 Å². The van der Waals surface area contributed by atoms with Gasteiger partial charge in [0, 0.05) is 0 Å². The summed E-state index contributed by atoms with van der Waals surface area (Å²) in [5.74, 6) is 0. The molecular weight excluding hydrogens is 204 g/mol. The van der Waals surface area contributed by atoms with E-state index < -0.39 is 37.3 Å². The summed E-state index contributed by atoms with van der Waals surface area (Å²) in [7, 11) is 0. The topological polar surface area (TPSA) is 99.4 Å². The molecular formula is C9H16O6. The van der Waals surface area contributed by atoms with Crippen LogP contribution in [0.15, 0.2) is 12.7 Å². The number of hydrogen-bond donors (Lipinski definition) is 4. The standard InChI is InChI=1S/C9H16O6/c1-2-3-14-8-6(12)9(13)15-7(8)5(11)4-10/h2,5-13H,1,3-4H2/t5-,6-,7-,8+,9+/m1/s1. The van der Waals surface area contributed by atoms with Crippen LogP contribution in [0.2, 0.25) is 0 Å². The Bertz CT molecular complexity index is 209. The van der Waals surface area contributed by atoms with Crippen molar-refractivity contribution in [1.29, 1.82) is 0 Å². The van der Waals surface area contributed by atoms with Crippen molar-refractivity contribution in [2.75, 3.05) is 13.2 Å². The van der Waals surface area contributed by atoms with Crippen LogP contribution in [0.3, 0.4) is 0 Å². The highest BCUT2D eigenvalue weighted by Gasteiger charge is 2.46. The number of ether oxygens (including phenoxy) is 2. The highest BCUT2D eigenvalue weighted by atomic mass is 16.7. The van der Waals surface area contributed by atoms with Gasteiger partial charge in [-0.2, -0.15) is 0 Å². The van der Waals surface area contributed by atoms with Gasteiger partial charge in [-0.25, -0.2) is 0 Å². The minimum absolute atomic E-state index is 0.159. The Kier molecular flexibility index (Phi) is 4.65. The molecule has 1 aliphatic rings. The smallest absolute Gasteiger partial charge is 0.184 e. The summed E-state index contributed by atoms with van der Waals surface area (Å²) in [6, 6.07) is 0. The van der Waals surface area contributed by atoms with E-state index >= 15 is 0 Å². The van der Waals surface area contributed by atoms with Crippen molar-refractivity contribution < 1.29 is 29.9 Å². The minimum Gasteiger partial charge on any atom is -0.394 e. The van der Waals surface area contributed by atoms with Crippen molar-refractivity contribution in [1.82, 2.24) is 0 Å².